The Labute approximate surface area is 233 Å². The van der Waals surface area contributed by atoms with Gasteiger partial charge >= 0.3 is 12.3 Å². The number of nitrogens with zero attached hydrogens (tertiary/aromatic N) is 6. The number of hydrogen-bond donors (Lipinski definition) is 3. The highest BCUT2D eigenvalue weighted by Crippen LogP contribution is 2.40. The van der Waals surface area contributed by atoms with Crippen molar-refractivity contribution >= 4 is 22.6 Å². The van der Waals surface area contributed by atoms with Gasteiger partial charge in [-0.15, -0.1) is 10.2 Å². The number of nitrogens with one attached hydrogen (secondary N) is 2. The average molecular weight is 567 g/mol. The number of hydrazine groups is 1. The number of aromatic nitrogens is 4. The number of likely N-dealkylation sites (N-methyl/N-ethyl adjacent to an activating group) is 1. The van der Waals surface area contributed by atoms with Gasteiger partial charge in [0.2, 0.25) is 0 Å². The first-order valence-electron chi connectivity index (χ1n) is 13.2. The fourth-order valence-corrected chi connectivity index (χ4v) is 6.00. The minimum atomic E-state index is -4.58. The van der Waals surface area contributed by atoms with Gasteiger partial charge < -0.3 is 15.8 Å². The first-order chi connectivity index (χ1) is 19.5. The number of aryl methyl sites for hydroxylation is 1. The summed E-state index contributed by atoms with van der Waals surface area (Å²) in [7, 11) is 1.96. The maximum atomic E-state index is 14.4. The lowest BCUT2D eigenvalue weighted by atomic mass is 9.87. The van der Waals surface area contributed by atoms with E-state index in [0.29, 0.717) is 23.6 Å². The topological polar surface area (TPSA) is 111 Å². The van der Waals surface area contributed by atoms with Gasteiger partial charge in [-0.25, -0.2) is 14.8 Å². The van der Waals surface area contributed by atoms with Crippen LogP contribution in [0.2, 0.25) is 0 Å². The zero-order valence-electron chi connectivity index (χ0n) is 22.6. The number of rotatable bonds is 5. The minimum Gasteiger partial charge on any atom is -0.465 e. The van der Waals surface area contributed by atoms with Crippen LogP contribution in [-0.4, -0.2) is 73.0 Å². The number of amides is 1. The Morgan fingerprint density at radius 2 is 1.98 bits per heavy atom. The van der Waals surface area contributed by atoms with Gasteiger partial charge in [-0.1, -0.05) is 24.3 Å². The highest BCUT2D eigenvalue weighted by Gasteiger charge is 2.47. The highest BCUT2D eigenvalue weighted by atomic mass is 19.4. The zero-order valence-corrected chi connectivity index (χ0v) is 22.6. The average Bonchev–Trinajstić information content (AvgIpc) is 3.62. The van der Waals surface area contributed by atoms with Gasteiger partial charge in [-0.05, 0) is 55.2 Å². The molecule has 6 rings (SSSR count). The van der Waals surface area contributed by atoms with Gasteiger partial charge in [0.25, 0.3) is 0 Å². The lowest BCUT2D eigenvalue weighted by Crippen LogP contribution is -2.41. The third-order valence-electron chi connectivity index (χ3n) is 8.23. The van der Waals surface area contributed by atoms with Crippen LogP contribution in [-0.2, 0) is 5.54 Å². The fraction of sp³-hybridized carbons (Fsp3) is 0.357. The van der Waals surface area contributed by atoms with Gasteiger partial charge in [0.15, 0.2) is 11.5 Å². The number of fused-ring (bicyclic) bond motifs is 2. The van der Waals surface area contributed by atoms with E-state index in [0.717, 1.165) is 22.0 Å². The van der Waals surface area contributed by atoms with Crippen molar-refractivity contribution in [2.75, 3.05) is 20.1 Å². The molecule has 1 fully saturated rings. The highest BCUT2D eigenvalue weighted by molar-refractivity contribution is 5.85. The standard InChI is InChI=1S/C28H29F3N8O2/c1-16-20(27(2)11-12-32-37(27)3)7-4-17-5-8-21(34-23(16)17)25-36-35-22-9-6-18(14-39(22)25)24(28(29,30)31)38-13-10-19(15-38)33-26(40)41/h4-9,11-12,14,19,24,32-33H,10,13,15H2,1-3H3,(H,40,41)/t19?,24-,27+/m0/s1. The lowest BCUT2D eigenvalue weighted by molar-refractivity contribution is -0.184. The van der Waals surface area contributed by atoms with E-state index in [1.165, 1.54) is 27.6 Å². The lowest BCUT2D eigenvalue weighted by Gasteiger charge is -2.33. The summed E-state index contributed by atoms with van der Waals surface area (Å²) < 4.78 is 44.7. The summed E-state index contributed by atoms with van der Waals surface area (Å²) in [6, 6.07) is 8.23. The van der Waals surface area contributed by atoms with Crippen molar-refractivity contribution < 1.29 is 23.1 Å². The molecule has 0 aliphatic carbocycles. The Morgan fingerprint density at radius 3 is 2.68 bits per heavy atom. The second-order valence-electron chi connectivity index (χ2n) is 10.8. The molecule has 214 valence electrons. The van der Waals surface area contributed by atoms with Crippen molar-refractivity contribution in [3.8, 4) is 11.5 Å². The second kappa shape index (κ2) is 9.70. The summed E-state index contributed by atoms with van der Waals surface area (Å²) in [6.45, 7) is 4.17. The third kappa shape index (κ3) is 4.64. The van der Waals surface area contributed by atoms with Crippen molar-refractivity contribution in [1.29, 1.82) is 0 Å². The Bertz CT molecular complexity index is 1690. The predicted molar refractivity (Wildman–Crippen MR) is 146 cm³/mol. The van der Waals surface area contributed by atoms with Crippen molar-refractivity contribution in [2.45, 2.75) is 44.1 Å². The molecule has 3 N–H and O–H groups in total. The second-order valence-corrected chi connectivity index (χ2v) is 10.8. The van der Waals surface area contributed by atoms with Crippen molar-refractivity contribution in [3.05, 3.63) is 71.6 Å². The van der Waals surface area contributed by atoms with E-state index in [1.54, 1.807) is 6.07 Å². The van der Waals surface area contributed by atoms with Gasteiger partial charge in [-0.2, -0.15) is 13.2 Å². The van der Waals surface area contributed by atoms with Crippen molar-refractivity contribution in [2.24, 2.45) is 0 Å². The monoisotopic (exact) mass is 566 g/mol. The summed E-state index contributed by atoms with van der Waals surface area (Å²) in [4.78, 5) is 17.2. The van der Waals surface area contributed by atoms with Crippen LogP contribution >= 0.6 is 0 Å². The van der Waals surface area contributed by atoms with E-state index in [1.807, 2.05) is 37.3 Å². The van der Waals surface area contributed by atoms with Crippen LogP contribution < -0.4 is 10.7 Å². The van der Waals surface area contributed by atoms with E-state index >= 15 is 0 Å². The minimum absolute atomic E-state index is 0.0118. The van der Waals surface area contributed by atoms with Crippen LogP contribution in [0.25, 0.3) is 28.1 Å². The summed E-state index contributed by atoms with van der Waals surface area (Å²) in [5.41, 5.74) is 6.52. The van der Waals surface area contributed by atoms with Gasteiger partial charge in [0.1, 0.15) is 11.7 Å². The SMILES string of the molecule is Cc1c([C@@]2(C)C=CNN2C)ccc2ccc(-c3nnc4ccc([C@H](N5CCC(NC(=O)O)C5)C(F)(F)F)cn34)nc12. The van der Waals surface area contributed by atoms with Crippen LogP contribution in [0.4, 0.5) is 18.0 Å². The van der Waals surface area contributed by atoms with E-state index in [-0.39, 0.29) is 24.2 Å². The summed E-state index contributed by atoms with van der Waals surface area (Å²) in [5, 5.41) is 22.7. The van der Waals surface area contributed by atoms with Crippen LogP contribution in [0.15, 0.2) is 54.9 Å². The van der Waals surface area contributed by atoms with Crippen LogP contribution in [0.3, 0.4) is 0 Å². The Kier molecular flexibility index (Phi) is 6.38. The molecule has 1 saturated heterocycles. The summed E-state index contributed by atoms with van der Waals surface area (Å²) in [5.74, 6) is 0.326. The maximum absolute atomic E-state index is 14.4. The first kappa shape index (κ1) is 27.0. The van der Waals surface area contributed by atoms with Crippen molar-refractivity contribution in [1.82, 2.24) is 40.2 Å². The number of likely N-dealkylation sites (tertiary alicyclic amines) is 1. The third-order valence-corrected chi connectivity index (χ3v) is 8.23. The molecule has 5 heterocycles. The van der Waals surface area contributed by atoms with Gasteiger partial charge in [0.05, 0.1) is 11.1 Å². The van der Waals surface area contributed by atoms with Crippen molar-refractivity contribution in [3.63, 3.8) is 0 Å². The summed E-state index contributed by atoms with van der Waals surface area (Å²) in [6.07, 6.45) is -0.161. The normalized spacial score (nSPS) is 22.4. The molecule has 3 aromatic heterocycles. The molecule has 2 aliphatic heterocycles. The number of halogens is 3. The Hall–Kier alpha value is -4.23. The molecular weight excluding hydrogens is 537 g/mol. The molecule has 1 amide bonds. The number of benzene rings is 1. The molecule has 0 bridgehead atoms. The smallest absolute Gasteiger partial charge is 0.408 e. The molecule has 3 atom stereocenters. The predicted octanol–water partition coefficient (Wildman–Crippen LogP) is 4.38. The molecule has 0 radical (unpaired) electrons. The molecule has 1 aromatic carbocycles. The summed E-state index contributed by atoms with van der Waals surface area (Å²) >= 11 is 0. The number of carbonyl (C=O) groups is 1. The molecule has 41 heavy (non-hydrogen) atoms. The fourth-order valence-electron chi connectivity index (χ4n) is 6.00. The Morgan fingerprint density at radius 1 is 1.20 bits per heavy atom. The molecule has 0 saturated carbocycles. The molecule has 13 heteroatoms. The molecule has 4 aromatic rings. The number of pyridine rings is 2. The zero-order chi connectivity index (χ0) is 29.1. The molecule has 0 spiro atoms. The number of alkyl halides is 3. The maximum Gasteiger partial charge on any atom is 0.408 e. The first-order valence-corrected chi connectivity index (χ1v) is 13.2. The Balaban J connectivity index is 1.40. The van der Waals surface area contributed by atoms with E-state index in [2.05, 4.69) is 40.0 Å². The van der Waals surface area contributed by atoms with Gasteiger partial charge in [0, 0.05) is 44.0 Å². The van der Waals surface area contributed by atoms with Crippen LogP contribution in [0.1, 0.15) is 36.1 Å². The molecular formula is C28H29F3N8O2. The van der Waals surface area contributed by atoms with Crippen LogP contribution in [0.5, 0.6) is 0 Å². The van der Waals surface area contributed by atoms with Gasteiger partial charge in [-0.3, -0.25) is 9.30 Å². The van der Waals surface area contributed by atoms with E-state index in [9.17, 15) is 18.0 Å². The largest absolute Gasteiger partial charge is 0.465 e. The molecule has 10 nitrogen and oxygen atoms in total. The van der Waals surface area contributed by atoms with E-state index in [4.69, 9.17) is 10.1 Å². The van der Waals surface area contributed by atoms with Crippen LogP contribution in [0, 0.1) is 6.92 Å². The quantitative estimate of drug-likeness (QED) is 0.327. The molecule has 2 aliphatic rings. The number of carboxylic acid groups (broad SMARTS) is 1. The molecule has 1 unspecified atom stereocenters. The van der Waals surface area contributed by atoms with E-state index < -0.39 is 24.4 Å². The number of hydrogen-bond acceptors (Lipinski definition) is 7.